The summed E-state index contributed by atoms with van der Waals surface area (Å²) >= 11 is 1.67. The number of H-pyrrole nitrogens is 2. The minimum atomic E-state index is -3.76. The van der Waals surface area contributed by atoms with Crippen LogP contribution in [0.5, 0.6) is 0 Å². The lowest BCUT2D eigenvalue weighted by molar-refractivity contribution is 0.347. The van der Waals surface area contributed by atoms with E-state index in [1.54, 1.807) is 27.8 Å². The molecule has 142 valence electrons. The summed E-state index contributed by atoms with van der Waals surface area (Å²) in [5.74, 6) is 0. The second-order valence-electron chi connectivity index (χ2n) is 6.76. The number of thiophene rings is 1. The third-order valence-corrected chi connectivity index (χ3v) is 7.99. The highest BCUT2D eigenvalue weighted by molar-refractivity contribution is 7.89. The number of sulfonamides is 1. The smallest absolute Gasteiger partial charge is 0.306 e. The number of aromatic nitrogens is 2. The van der Waals surface area contributed by atoms with Crippen LogP contribution in [0.3, 0.4) is 0 Å². The average molecular weight is 412 g/mol. The van der Waals surface area contributed by atoms with Gasteiger partial charge in [-0.1, -0.05) is 30.3 Å². The van der Waals surface area contributed by atoms with E-state index >= 15 is 0 Å². The van der Waals surface area contributed by atoms with Gasteiger partial charge in [0, 0.05) is 11.4 Å². The van der Waals surface area contributed by atoms with E-state index in [9.17, 15) is 13.2 Å². The van der Waals surface area contributed by atoms with Crippen molar-refractivity contribution in [2.75, 3.05) is 6.54 Å². The number of rotatable bonds is 3. The minimum absolute atomic E-state index is 0.176. The molecular formula is C20H17N3O3S2. The van der Waals surface area contributed by atoms with Crippen molar-refractivity contribution in [3.8, 4) is 0 Å². The highest BCUT2D eigenvalue weighted by Gasteiger charge is 2.38. The first-order valence-electron chi connectivity index (χ1n) is 8.89. The summed E-state index contributed by atoms with van der Waals surface area (Å²) in [6.45, 7) is 0.414. The number of aromatic amines is 2. The van der Waals surface area contributed by atoms with Crippen LogP contribution < -0.4 is 5.69 Å². The number of hydrogen-bond donors (Lipinski definition) is 2. The number of imidazole rings is 1. The zero-order valence-electron chi connectivity index (χ0n) is 14.8. The Bertz CT molecular complexity index is 1320. The molecule has 8 heteroatoms. The monoisotopic (exact) mass is 411 g/mol. The van der Waals surface area contributed by atoms with Gasteiger partial charge in [-0.15, -0.1) is 11.3 Å². The van der Waals surface area contributed by atoms with Gasteiger partial charge in [0.05, 0.1) is 22.0 Å². The van der Waals surface area contributed by atoms with Crippen molar-refractivity contribution in [3.05, 3.63) is 86.5 Å². The first-order chi connectivity index (χ1) is 13.5. The standard InChI is InChI=1S/C20H17N3O3S2/c24-20-21-16-7-6-14(12-17(16)22-20)28(25,26)23-10-8-18-15(9-11-27-18)19(23)13-4-2-1-3-5-13/h1-7,9,11-12,19H,8,10H2,(H2,21,22,24)/t19-/m1/s1. The molecule has 0 aliphatic carbocycles. The quantitative estimate of drug-likeness (QED) is 0.543. The molecule has 6 nitrogen and oxygen atoms in total. The fraction of sp³-hybridized carbons (Fsp3) is 0.150. The van der Waals surface area contributed by atoms with Crippen LogP contribution in [0.4, 0.5) is 0 Å². The molecule has 0 amide bonds. The van der Waals surface area contributed by atoms with Crippen molar-refractivity contribution in [2.45, 2.75) is 17.4 Å². The molecule has 1 aliphatic rings. The summed E-state index contributed by atoms with van der Waals surface area (Å²) in [6, 6.07) is 16.1. The fourth-order valence-corrected chi connectivity index (χ4v) is 6.37. The van der Waals surface area contributed by atoms with Crippen molar-refractivity contribution in [1.29, 1.82) is 0 Å². The Morgan fingerprint density at radius 1 is 1.00 bits per heavy atom. The topological polar surface area (TPSA) is 86.0 Å². The first kappa shape index (κ1) is 17.4. The predicted octanol–water partition coefficient (Wildman–Crippen LogP) is 3.25. The molecule has 0 saturated carbocycles. The molecule has 2 aromatic carbocycles. The number of fused-ring (bicyclic) bond motifs is 2. The molecule has 0 saturated heterocycles. The van der Waals surface area contributed by atoms with Crippen molar-refractivity contribution in [2.24, 2.45) is 0 Å². The molecular weight excluding hydrogens is 394 g/mol. The van der Waals surface area contributed by atoms with E-state index in [4.69, 9.17) is 0 Å². The van der Waals surface area contributed by atoms with Crippen molar-refractivity contribution in [1.82, 2.24) is 14.3 Å². The molecule has 1 atom stereocenters. The van der Waals surface area contributed by atoms with E-state index in [2.05, 4.69) is 9.97 Å². The largest absolute Gasteiger partial charge is 0.323 e. The number of nitrogens with one attached hydrogen (secondary N) is 2. The van der Waals surface area contributed by atoms with Crippen LogP contribution >= 0.6 is 11.3 Å². The van der Waals surface area contributed by atoms with Gasteiger partial charge in [0.15, 0.2) is 0 Å². The van der Waals surface area contributed by atoms with Crippen LogP contribution in [0.2, 0.25) is 0 Å². The first-order valence-corrected chi connectivity index (χ1v) is 11.2. The van der Waals surface area contributed by atoms with Crippen molar-refractivity contribution < 1.29 is 8.42 Å². The summed E-state index contributed by atoms with van der Waals surface area (Å²) in [4.78, 5) is 18.2. The summed E-state index contributed by atoms with van der Waals surface area (Å²) in [5.41, 5.74) is 2.70. The Morgan fingerprint density at radius 3 is 2.61 bits per heavy atom. The van der Waals surface area contributed by atoms with Gasteiger partial charge in [0.2, 0.25) is 10.0 Å². The van der Waals surface area contributed by atoms with E-state index < -0.39 is 10.0 Å². The van der Waals surface area contributed by atoms with Crippen LogP contribution in [-0.4, -0.2) is 29.2 Å². The molecule has 0 radical (unpaired) electrons. The predicted molar refractivity (Wildman–Crippen MR) is 109 cm³/mol. The van der Waals surface area contributed by atoms with Crippen LogP contribution in [-0.2, 0) is 16.4 Å². The second-order valence-corrected chi connectivity index (χ2v) is 9.66. The molecule has 1 aliphatic heterocycles. The third-order valence-electron chi connectivity index (χ3n) is 5.13. The number of benzene rings is 2. The Morgan fingerprint density at radius 2 is 1.79 bits per heavy atom. The van der Waals surface area contributed by atoms with E-state index in [0.29, 0.717) is 24.0 Å². The highest BCUT2D eigenvalue weighted by atomic mass is 32.2. The third kappa shape index (κ3) is 2.72. The SMILES string of the molecule is O=c1[nH]c2ccc(S(=O)(=O)N3CCc4sccc4[C@H]3c3ccccc3)cc2[nH]1. The van der Waals surface area contributed by atoms with Crippen LogP contribution in [0.25, 0.3) is 11.0 Å². The number of nitrogens with zero attached hydrogens (tertiary/aromatic N) is 1. The van der Waals surface area contributed by atoms with Gasteiger partial charge >= 0.3 is 5.69 Å². The Labute approximate surface area is 165 Å². The summed E-state index contributed by atoms with van der Waals surface area (Å²) in [7, 11) is -3.76. The van der Waals surface area contributed by atoms with Crippen molar-refractivity contribution in [3.63, 3.8) is 0 Å². The van der Waals surface area contributed by atoms with E-state index in [1.807, 2.05) is 41.8 Å². The Kier molecular flexibility index (Phi) is 4.01. The molecule has 4 aromatic rings. The maximum Gasteiger partial charge on any atom is 0.323 e. The van der Waals surface area contributed by atoms with E-state index in [0.717, 1.165) is 11.1 Å². The fourth-order valence-electron chi connectivity index (χ4n) is 3.84. The zero-order chi connectivity index (χ0) is 19.3. The molecule has 0 bridgehead atoms. The van der Waals surface area contributed by atoms with Gasteiger partial charge in [-0.2, -0.15) is 4.31 Å². The lowest BCUT2D eigenvalue weighted by atomic mass is 9.95. The lowest BCUT2D eigenvalue weighted by Crippen LogP contribution is -2.40. The molecule has 5 rings (SSSR count). The van der Waals surface area contributed by atoms with Gasteiger partial charge in [-0.3, -0.25) is 0 Å². The highest BCUT2D eigenvalue weighted by Crippen LogP contribution is 2.40. The summed E-state index contributed by atoms with van der Waals surface area (Å²) < 4.78 is 28.7. The maximum absolute atomic E-state index is 13.6. The molecule has 0 spiro atoms. The van der Waals surface area contributed by atoms with Gasteiger partial charge in [-0.25, -0.2) is 13.2 Å². The average Bonchev–Trinajstić information content (AvgIpc) is 3.32. The molecule has 28 heavy (non-hydrogen) atoms. The van der Waals surface area contributed by atoms with E-state index in [-0.39, 0.29) is 16.6 Å². The molecule has 0 unspecified atom stereocenters. The van der Waals surface area contributed by atoms with E-state index in [1.165, 1.54) is 10.9 Å². The minimum Gasteiger partial charge on any atom is -0.306 e. The zero-order valence-corrected chi connectivity index (χ0v) is 16.4. The van der Waals surface area contributed by atoms with Crippen LogP contribution in [0, 0.1) is 0 Å². The van der Waals surface area contributed by atoms with Gasteiger partial charge in [0.25, 0.3) is 0 Å². The lowest BCUT2D eigenvalue weighted by Gasteiger charge is -2.35. The normalized spacial score (nSPS) is 17.6. The molecule has 0 fully saturated rings. The Hall–Kier alpha value is -2.68. The van der Waals surface area contributed by atoms with Crippen LogP contribution in [0.15, 0.2) is 69.7 Å². The maximum atomic E-state index is 13.6. The van der Waals surface area contributed by atoms with Crippen LogP contribution in [0.1, 0.15) is 22.0 Å². The second kappa shape index (κ2) is 6.44. The Balaban J connectivity index is 1.65. The summed E-state index contributed by atoms with van der Waals surface area (Å²) in [6.07, 6.45) is 0.693. The van der Waals surface area contributed by atoms with Crippen molar-refractivity contribution >= 4 is 32.4 Å². The molecule has 2 N–H and O–H groups in total. The number of hydrogen-bond acceptors (Lipinski definition) is 4. The van der Waals surface area contributed by atoms with Gasteiger partial charge in [-0.05, 0) is 47.2 Å². The van der Waals surface area contributed by atoms with Gasteiger partial charge < -0.3 is 9.97 Å². The molecule has 3 heterocycles. The molecule has 2 aromatic heterocycles. The summed E-state index contributed by atoms with van der Waals surface area (Å²) in [5, 5.41) is 2.02. The van der Waals surface area contributed by atoms with Gasteiger partial charge in [0.1, 0.15) is 0 Å².